The van der Waals surface area contributed by atoms with Crippen molar-refractivity contribution in [3.05, 3.63) is 64.9 Å². The lowest BCUT2D eigenvalue weighted by Gasteiger charge is -2.15. The summed E-state index contributed by atoms with van der Waals surface area (Å²) in [4.78, 5) is 13.0. The number of halogens is 6. The number of carbonyl (C=O) groups is 1. The Morgan fingerprint density at radius 1 is 1.19 bits per heavy atom. The number of hydrogen-bond donors (Lipinski definition) is 1. The Labute approximate surface area is 213 Å². The molecule has 0 aliphatic rings. The van der Waals surface area contributed by atoms with E-state index in [2.05, 4.69) is 14.8 Å². The van der Waals surface area contributed by atoms with E-state index in [1.54, 1.807) is 24.3 Å². The van der Waals surface area contributed by atoms with Crippen LogP contribution in [0.3, 0.4) is 0 Å². The molecular weight excluding hydrogens is 545 g/mol. The molecule has 0 aliphatic carbocycles. The molecule has 3 aromatic rings. The smallest absolute Gasteiger partial charge is 0.368 e. The van der Waals surface area contributed by atoms with Gasteiger partial charge in [0, 0.05) is 35.9 Å². The maximum Gasteiger partial charge on any atom is 0.433 e. The molecule has 37 heavy (non-hydrogen) atoms. The minimum absolute atomic E-state index is 0.0887. The summed E-state index contributed by atoms with van der Waals surface area (Å²) < 4.78 is 96.5. The topological polar surface area (TPSA) is 96.7 Å². The van der Waals surface area contributed by atoms with Gasteiger partial charge in [0.2, 0.25) is 5.91 Å². The van der Waals surface area contributed by atoms with Gasteiger partial charge in [-0.1, -0.05) is 35.9 Å². The molecule has 0 unspecified atom stereocenters. The molecule has 0 fully saturated rings. The number of carbonyl (C=O) groups excluding carboxylic acids is 1. The SMILES string of the molecule is CN(C)C=NS(=O)(=O)c1cc(NC(=O)Cc2ccccc2Cl)ccc1-c1cnn(C(F)F)c1C(F)(F)F. The molecule has 1 N–H and O–H groups in total. The van der Waals surface area contributed by atoms with Crippen LogP contribution in [0.15, 0.2) is 58.0 Å². The lowest BCUT2D eigenvalue weighted by Crippen LogP contribution is -2.17. The van der Waals surface area contributed by atoms with Crippen molar-refractivity contribution in [1.29, 1.82) is 0 Å². The van der Waals surface area contributed by atoms with Crippen molar-refractivity contribution < 1.29 is 35.2 Å². The van der Waals surface area contributed by atoms with Crippen LogP contribution in [0.4, 0.5) is 27.6 Å². The van der Waals surface area contributed by atoms with E-state index in [0.29, 0.717) is 16.8 Å². The van der Waals surface area contributed by atoms with Crippen LogP contribution >= 0.6 is 11.6 Å². The maximum absolute atomic E-state index is 13.7. The fourth-order valence-electron chi connectivity index (χ4n) is 3.26. The summed E-state index contributed by atoms with van der Waals surface area (Å²) in [5.74, 6) is -0.595. The van der Waals surface area contributed by atoms with Crippen LogP contribution in [0.5, 0.6) is 0 Å². The number of amides is 1. The Morgan fingerprint density at radius 2 is 1.86 bits per heavy atom. The first kappa shape index (κ1) is 28.1. The van der Waals surface area contributed by atoms with Crippen molar-refractivity contribution in [3.63, 3.8) is 0 Å². The molecular formula is C22H19ClF5N5O3S. The Hall–Kier alpha value is -3.52. The Bertz CT molecular complexity index is 1440. The van der Waals surface area contributed by atoms with Gasteiger partial charge in [-0.25, -0.2) is 0 Å². The lowest BCUT2D eigenvalue weighted by molar-refractivity contribution is -0.149. The molecule has 0 saturated heterocycles. The number of benzene rings is 2. The number of anilines is 1. The maximum atomic E-state index is 13.7. The van der Waals surface area contributed by atoms with Gasteiger partial charge in [-0.3, -0.25) is 4.79 Å². The standard InChI is InChI=1S/C22H19ClF5N5O3S/c1-32(2)12-30-37(35,36)18-10-14(31-19(34)9-13-5-3-4-6-17(13)23)7-8-15(18)16-11-29-33(21(24)25)20(16)22(26,27)28/h3-8,10-12,21H,9H2,1-2H3,(H,31,34). The molecule has 0 saturated carbocycles. The summed E-state index contributed by atoms with van der Waals surface area (Å²) >= 11 is 6.05. The number of rotatable bonds is 8. The van der Waals surface area contributed by atoms with Crippen molar-refractivity contribution in [3.8, 4) is 11.1 Å². The molecule has 3 rings (SSSR count). The molecule has 0 bridgehead atoms. The molecule has 0 radical (unpaired) electrons. The second-order valence-corrected chi connectivity index (χ2v) is 9.82. The Balaban J connectivity index is 2.13. The number of aromatic nitrogens is 2. The highest BCUT2D eigenvalue weighted by atomic mass is 35.5. The van der Waals surface area contributed by atoms with Crippen molar-refractivity contribution in [1.82, 2.24) is 14.7 Å². The molecule has 1 amide bonds. The fraction of sp³-hybridized carbons (Fsp3) is 0.227. The molecule has 15 heteroatoms. The van der Waals surface area contributed by atoms with Gasteiger partial charge in [-0.2, -0.15) is 40.2 Å². The van der Waals surface area contributed by atoms with Gasteiger partial charge in [0.25, 0.3) is 10.0 Å². The highest BCUT2D eigenvalue weighted by Gasteiger charge is 2.41. The highest BCUT2D eigenvalue weighted by molar-refractivity contribution is 7.90. The van der Waals surface area contributed by atoms with Gasteiger partial charge in [0.15, 0.2) is 5.69 Å². The number of hydrogen-bond acceptors (Lipinski definition) is 4. The van der Waals surface area contributed by atoms with E-state index >= 15 is 0 Å². The molecule has 198 valence electrons. The van der Waals surface area contributed by atoms with E-state index < -0.39 is 55.1 Å². The largest absolute Gasteiger partial charge is 0.433 e. The monoisotopic (exact) mass is 563 g/mol. The molecule has 1 heterocycles. The molecule has 0 spiro atoms. The summed E-state index contributed by atoms with van der Waals surface area (Å²) in [6.45, 7) is -3.64. The summed E-state index contributed by atoms with van der Waals surface area (Å²) in [6.07, 6.45) is -4.08. The minimum Gasteiger partial charge on any atom is -0.368 e. The van der Waals surface area contributed by atoms with Crippen molar-refractivity contribution >= 4 is 39.6 Å². The third-order valence-electron chi connectivity index (χ3n) is 4.81. The summed E-state index contributed by atoms with van der Waals surface area (Å²) in [6, 6.07) is 9.48. The number of nitrogens with one attached hydrogen (secondary N) is 1. The van der Waals surface area contributed by atoms with Gasteiger partial charge in [-0.15, -0.1) is 4.40 Å². The van der Waals surface area contributed by atoms with E-state index in [1.165, 1.54) is 19.0 Å². The van der Waals surface area contributed by atoms with E-state index in [-0.39, 0.29) is 12.1 Å². The quantitative estimate of drug-likeness (QED) is 0.234. The van der Waals surface area contributed by atoms with Gasteiger partial charge in [0.1, 0.15) is 6.34 Å². The first-order chi connectivity index (χ1) is 17.2. The van der Waals surface area contributed by atoms with Crippen LogP contribution in [0.1, 0.15) is 17.8 Å². The van der Waals surface area contributed by atoms with Crippen molar-refractivity contribution in [2.75, 3.05) is 19.4 Å². The number of alkyl halides is 5. The fourth-order valence-corrected chi connectivity index (χ4v) is 4.62. The third-order valence-corrected chi connectivity index (χ3v) is 6.44. The van der Waals surface area contributed by atoms with E-state index in [4.69, 9.17) is 11.6 Å². The summed E-state index contributed by atoms with van der Waals surface area (Å²) in [7, 11) is -1.75. The predicted octanol–water partition coefficient (Wildman–Crippen LogP) is 5.08. The first-order valence-corrected chi connectivity index (χ1v) is 12.1. The van der Waals surface area contributed by atoms with Gasteiger partial charge >= 0.3 is 12.7 Å². The Kier molecular flexibility index (Phi) is 8.22. The molecule has 2 aromatic carbocycles. The number of sulfonamides is 1. The zero-order chi connectivity index (χ0) is 27.5. The molecule has 0 atom stereocenters. The number of nitrogens with zero attached hydrogens (tertiary/aromatic N) is 4. The van der Waals surface area contributed by atoms with Crippen molar-refractivity contribution in [2.45, 2.75) is 24.0 Å². The zero-order valence-electron chi connectivity index (χ0n) is 19.2. The second-order valence-electron chi connectivity index (χ2n) is 7.81. The lowest BCUT2D eigenvalue weighted by atomic mass is 10.1. The van der Waals surface area contributed by atoms with Crippen LogP contribution < -0.4 is 5.32 Å². The first-order valence-electron chi connectivity index (χ1n) is 10.3. The average Bonchev–Trinajstić information content (AvgIpc) is 3.25. The highest BCUT2D eigenvalue weighted by Crippen LogP contribution is 2.41. The van der Waals surface area contributed by atoms with Crippen LogP contribution in [0.25, 0.3) is 11.1 Å². The van der Waals surface area contributed by atoms with Crippen LogP contribution in [-0.2, 0) is 27.4 Å². The summed E-state index contributed by atoms with van der Waals surface area (Å²) in [5.41, 5.74) is -2.93. The van der Waals surface area contributed by atoms with Crippen molar-refractivity contribution in [2.24, 2.45) is 4.40 Å². The van der Waals surface area contributed by atoms with E-state index in [1.807, 2.05) is 0 Å². The molecule has 8 nitrogen and oxygen atoms in total. The average molecular weight is 564 g/mol. The molecule has 1 aromatic heterocycles. The summed E-state index contributed by atoms with van der Waals surface area (Å²) in [5, 5.41) is 5.88. The van der Waals surface area contributed by atoms with Crippen LogP contribution in [0, 0.1) is 0 Å². The van der Waals surface area contributed by atoms with Gasteiger partial charge < -0.3 is 10.2 Å². The van der Waals surface area contributed by atoms with E-state index in [0.717, 1.165) is 24.5 Å². The van der Waals surface area contributed by atoms with Crippen LogP contribution in [-0.4, -0.2) is 49.4 Å². The predicted molar refractivity (Wildman–Crippen MR) is 127 cm³/mol. The normalized spacial score (nSPS) is 12.4. The van der Waals surface area contributed by atoms with Gasteiger partial charge in [0.05, 0.1) is 17.5 Å². The minimum atomic E-state index is -5.29. The third kappa shape index (κ3) is 6.63. The molecule has 0 aliphatic heterocycles. The van der Waals surface area contributed by atoms with Gasteiger partial charge in [-0.05, 0) is 23.8 Å². The van der Waals surface area contributed by atoms with Crippen LogP contribution in [0.2, 0.25) is 5.02 Å². The Morgan fingerprint density at radius 3 is 2.46 bits per heavy atom. The van der Waals surface area contributed by atoms with E-state index in [9.17, 15) is 35.2 Å². The second kappa shape index (κ2) is 10.8. The zero-order valence-corrected chi connectivity index (χ0v) is 20.7.